The van der Waals surface area contributed by atoms with Crippen LogP contribution in [0.4, 0.5) is 0 Å². The summed E-state index contributed by atoms with van der Waals surface area (Å²) in [6.07, 6.45) is 2.93. The Balaban J connectivity index is 2.12. The highest BCUT2D eigenvalue weighted by atomic mass is 32.1. The molecule has 0 saturated carbocycles. The molecule has 0 aliphatic carbocycles. The first-order valence-corrected chi connectivity index (χ1v) is 9.61. The Bertz CT molecular complexity index is 848. The number of hydrogen-bond donors (Lipinski definition) is 1. The van der Waals surface area contributed by atoms with Gasteiger partial charge < -0.3 is 10.3 Å². The molecule has 2 N–H and O–H groups in total. The molecule has 0 fully saturated rings. The van der Waals surface area contributed by atoms with Gasteiger partial charge in [0.05, 0.1) is 5.56 Å². The summed E-state index contributed by atoms with van der Waals surface area (Å²) in [4.78, 5) is 13.6. The summed E-state index contributed by atoms with van der Waals surface area (Å²) < 4.78 is 2.30. The fourth-order valence-corrected chi connectivity index (χ4v) is 4.19. The first kappa shape index (κ1) is 17.5. The summed E-state index contributed by atoms with van der Waals surface area (Å²) in [7, 11) is 0. The Labute approximate surface area is 153 Å². The minimum Gasteiger partial charge on any atom is -0.366 e. The Morgan fingerprint density at radius 1 is 1.12 bits per heavy atom. The van der Waals surface area contributed by atoms with Crippen molar-refractivity contribution in [3.05, 3.63) is 69.7 Å². The number of rotatable bonds is 7. The standard InChI is InChI=1S/C21H24N2OS/c1-3-8-18-20(16-9-5-4-6-10-16)19(21(22)24)15(2)23(18)13-12-17-11-7-14-25-17/h4-7,9-11,14H,3,8,12-13H2,1-2H3,(H2,22,24). The predicted molar refractivity (Wildman–Crippen MR) is 105 cm³/mol. The highest BCUT2D eigenvalue weighted by Gasteiger charge is 2.24. The SMILES string of the molecule is CCCc1c(-c2ccccc2)c(C(N)=O)c(C)n1CCc1cccs1. The zero-order valence-electron chi connectivity index (χ0n) is 14.8. The summed E-state index contributed by atoms with van der Waals surface area (Å²) >= 11 is 1.78. The lowest BCUT2D eigenvalue weighted by Crippen LogP contribution is -2.13. The van der Waals surface area contributed by atoms with Crippen LogP contribution in [0.25, 0.3) is 11.1 Å². The average molecular weight is 353 g/mol. The summed E-state index contributed by atoms with van der Waals surface area (Å²) in [5, 5.41) is 2.11. The molecule has 0 aliphatic rings. The van der Waals surface area contributed by atoms with Gasteiger partial charge in [0.2, 0.25) is 0 Å². The molecule has 1 amide bonds. The molecule has 2 heterocycles. The highest BCUT2D eigenvalue weighted by molar-refractivity contribution is 7.09. The molecule has 25 heavy (non-hydrogen) atoms. The van der Waals surface area contributed by atoms with Crippen molar-refractivity contribution >= 4 is 17.2 Å². The van der Waals surface area contributed by atoms with Crippen molar-refractivity contribution in [3.63, 3.8) is 0 Å². The van der Waals surface area contributed by atoms with Crippen molar-refractivity contribution in [1.82, 2.24) is 4.57 Å². The second-order valence-corrected chi connectivity index (χ2v) is 7.28. The maximum Gasteiger partial charge on any atom is 0.251 e. The lowest BCUT2D eigenvalue weighted by molar-refractivity contribution is 0.1000. The smallest absolute Gasteiger partial charge is 0.251 e. The van der Waals surface area contributed by atoms with Crippen molar-refractivity contribution in [2.24, 2.45) is 5.73 Å². The van der Waals surface area contributed by atoms with Crippen LogP contribution >= 0.6 is 11.3 Å². The Morgan fingerprint density at radius 3 is 2.48 bits per heavy atom. The largest absolute Gasteiger partial charge is 0.366 e. The molecule has 0 bridgehead atoms. The van der Waals surface area contributed by atoms with Crippen LogP contribution in [0.15, 0.2) is 47.8 Å². The molecule has 130 valence electrons. The van der Waals surface area contributed by atoms with E-state index in [-0.39, 0.29) is 5.91 Å². The molecule has 3 rings (SSSR count). The lowest BCUT2D eigenvalue weighted by Gasteiger charge is -2.12. The molecular weight excluding hydrogens is 328 g/mol. The second kappa shape index (κ2) is 7.70. The number of nitrogens with zero attached hydrogens (tertiary/aromatic N) is 1. The third kappa shape index (κ3) is 3.54. The van der Waals surface area contributed by atoms with Gasteiger partial charge in [0.15, 0.2) is 0 Å². The first-order valence-electron chi connectivity index (χ1n) is 8.73. The summed E-state index contributed by atoms with van der Waals surface area (Å²) in [6.45, 7) is 5.06. The molecule has 3 nitrogen and oxygen atoms in total. The minimum absolute atomic E-state index is 0.344. The molecule has 0 unspecified atom stereocenters. The zero-order chi connectivity index (χ0) is 17.8. The second-order valence-electron chi connectivity index (χ2n) is 6.24. The van der Waals surface area contributed by atoms with Gasteiger partial charge >= 0.3 is 0 Å². The van der Waals surface area contributed by atoms with Crippen LogP contribution < -0.4 is 5.73 Å². The van der Waals surface area contributed by atoms with Gasteiger partial charge in [-0.1, -0.05) is 49.7 Å². The number of carbonyl (C=O) groups excluding carboxylic acids is 1. The monoisotopic (exact) mass is 352 g/mol. The number of primary amides is 1. The number of thiophene rings is 1. The van der Waals surface area contributed by atoms with E-state index in [9.17, 15) is 4.79 Å². The zero-order valence-corrected chi connectivity index (χ0v) is 15.6. The number of benzene rings is 1. The van der Waals surface area contributed by atoms with E-state index in [2.05, 4.69) is 41.1 Å². The molecule has 0 atom stereocenters. The maximum atomic E-state index is 12.2. The Hall–Kier alpha value is -2.33. The molecular formula is C21H24N2OS. The molecule has 3 aromatic rings. The third-order valence-corrected chi connectivity index (χ3v) is 5.52. The lowest BCUT2D eigenvalue weighted by atomic mass is 9.98. The van der Waals surface area contributed by atoms with Gasteiger partial charge in [-0.2, -0.15) is 0 Å². The molecule has 1 aromatic carbocycles. The Morgan fingerprint density at radius 2 is 1.88 bits per heavy atom. The van der Waals surface area contributed by atoms with Crippen LogP contribution in [-0.4, -0.2) is 10.5 Å². The number of carbonyl (C=O) groups is 1. The van der Waals surface area contributed by atoms with Crippen molar-refractivity contribution in [2.75, 3.05) is 0 Å². The van der Waals surface area contributed by atoms with Crippen LogP contribution in [0.1, 0.15) is 40.0 Å². The topological polar surface area (TPSA) is 48.0 Å². The number of amides is 1. The van der Waals surface area contributed by atoms with Crippen molar-refractivity contribution in [1.29, 1.82) is 0 Å². The van der Waals surface area contributed by atoms with Crippen molar-refractivity contribution in [3.8, 4) is 11.1 Å². The minimum atomic E-state index is -0.344. The van der Waals surface area contributed by atoms with Crippen LogP contribution in [0.3, 0.4) is 0 Å². The molecule has 4 heteroatoms. The molecule has 2 aromatic heterocycles. The summed E-state index contributed by atoms with van der Waals surface area (Å²) in [6, 6.07) is 14.4. The number of nitrogens with two attached hydrogens (primary N) is 1. The van der Waals surface area contributed by atoms with E-state index in [1.165, 1.54) is 10.6 Å². The average Bonchev–Trinajstić information content (AvgIpc) is 3.21. The van der Waals surface area contributed by atoms with Crippen molar-refractivity contribution < 1.29 is 4.79 Å². The third-order valence-electron chi connectivity index (χ3n) is 4.59. The van der Waals surface area contributed by atoms with E-state index in [1.807, 2.05) is 25.1 Å². The van der Waals surface area contributed by atoms with Gasteiger partial charge in [0.1, 0.15) is 0 Å². The molecule has 0 radical (unpaired) electrons. The van der Waals surface area contributed by atoms with Gasteiger partial charge in [-0.05, 0) is 36.8 Å². The number of hydrogen-bond acceptors (Lipinski definition) is 2. The van der Waals surface area contributed by atoms with Gasteiger partial charge in [0.25, 0.3) is 5.91 Å². The first-order chi connectivity index (χ1) is 12.1. The summed E-state index contributed by atoms with van der Waals surface area (Å²) in [5.74, 6) is -0.344. The van der Waals surface area contributed by atoms with E-state index < -0.39 is 0 Å². The highest BCUT2D eigenvalue weighted by Crippen LogP contribution is 2.34. The molecule has 0 aliphatic heterocycles. The van der Waals surface area contributed by atoms with Gasteiger partial charge in [0, 0.05) is 28.4 Å². The fourth-order valence-electron chi connectivity index (χ4n) is 3.49. The number of aryl methyl sites for hydroxylation is 1. The normalized spacial score (nSPS) is 11.0. The predicted octanol–water partition coefficient (Wildman–Crippen LogP) is 4.82. The van der Waals surface area contributed by atoms with Crippen LogP contribution in [0.5, 0.6) is 0 Å². The van der Waals surface area contributed by atoms with E-state index >= 15 is 0 Å². The van der Waals surface area contributed by atoms with Gasteiger partial charge in [-0.25, -0.2) is 0 Å². The Kier molecular flexibility index (Phi) is 5.39. The molecule has 0 saturated heterocycles. The van der Waals surface area contributed by atoms with Crippen LogP contribution in [0.2, 0.25) is 0 Å². The van der Waals surface area contributed by atoms with Gasteiger partial charge in [-0.15, -0.1) is 11.3 Å². The maximum absolute atomic E-state index is 12.2. The van der Waals surface area contributed by atoms with Crippen LogP contribution in [0, 0.1) is 6.92 Å². The van der Waals surface area contributed by atoms with Gasteiger partial charge in [-0.3, -0.25) is 4.79 Å². The quantitative estimate of drug-likeness (QED) is 0.651. The molecule has 0 spiro atoms. The van der Waals surface area contributed by atoms with Crippen molar-refractivity contribution in [2.45, 2.75) is 39.7 Å². The van der Waals surface area contributed by atoms with E-state index in [0.29, 0.717) is 5.56 Å². The number of aromatic nitrogens is 1. The van der Waals surface area contributed by atoms with E-state index in [0.717, 1.165) is 42.6 Å². The fraction of sp³-hybridized carbons (Fsp3) is 0.286. The van der Waals surface area contributed by atoms with Crippen LogP contribution in [-0.2, 0) is 19.4 Å². The van der Waals surface area contributed by atoms with E-state index in [4.69, 9.17) is 5.73 Å². The summed E-state index contributed by atoms with van der Waals surface area (Å²) in [5.41, 5.74) is 10.7. The van der Waals surface area contributed by atoms with E-state index in [1.54, 1.807) is 11.3 Å².